The zero-order valence-corrected chi connectivity index (χ0v) is 16.3. The highest BCUT2D eigenvalue weighted by Gasteiger charge is 2.65. The van der Waals surface area contributed by atoms with Crippen LogP contribution in [-0.2, 0) is 9.59 Å². The van der Waals surface area contributed by atoms with Crippen molar-refractivity contribution in [3.05, 3.63) is 40.4 Å². The SMILES string of the molecule is Cc1nc(NC(=O)c2cccc(NC(=O)[C@H]3[C@@H](C(=O)O)C3(C)C)c2)sc1C. The van der Waals surface area contributed by atoms with E-state index in [2.05, 4.69) is 15.6 Å². The van der Waals surface area contributed by atoms with Crippen molar-refractivity contribution in [2.75, 3.05) is 10.6 Å². The number of anilines is 2. The summed E-state index contributed by atoms with van der Waals surface area (Å²) in [5.74, 6) is -2.93. The smallest absolute Gasteiger partial charge is 0.307 e. The third-order valence-corrected chi connectivity index (χ3v) is 6.01. The molecule has 1 aliphatic carbocycles. The quantitative estimate of drug-likeness (QED) is 0.729. The highest BCUT2D eigenvalue weighted by molar-refractivity contribution is 7.15. The van der Waals surface area contributed by atoms with Gasteiger partial charge in [0.25, 0.3) is 5.91 Å². The summed E-state index contributed by atoms with van der Waals surface area (Å²) in [6.07, 6.45) is 0. The minimum atomic E-state index is -0.970. The molecule has 0 radical (unpaired) electrons. The summed E-state index contributed by atoms with van der Waals surface area (Å²) in [6.45, 7) is 7.33. The van der Waals surface area contributed by atoms with E-state index < -0.39 is 23.2 Å². The van der Waals surface area contributed by atoms with Gasteiger partial charge in [0.15, 0.2) is 5.13 Å². The average Bonchev–Trinajstić information content (AvgIpc) is 3.04. The first kappa shape index (κ1) is 19.0. The average molecular weight is 387 g/mol. The second-order valence-corrected chi connectivity index (χ2v) is 8.50. The Balaban J connectivity index is 1.69. The predicted octanol–water partition coefficient (Wildman–Crippen LogP) is 3.31. The predicted molar refractivity (Wildman–Crippen MR) is 103 cm³/mol. The fourth-order valence-electron chi connectivity index (χ4n) is 3.24. The molecule has 0 spiro atoms. The van der Waals surface area contributed by atoms with Gasteiger partial charge in [0, 0.05) is 16.1 Å². The summed E-state index contributed by atoms with van der Waals surface area (Å²) in [7, 11) is 0. The lowest BCUT2D eigenvalue weighted by Gasteiger charge is -2.08. The van der Waals surface area contributed by atoms with Crippen LogP contribution in [0.5, 0.6) is 0 Å². The molecule has 1 fully saturated rings. The number of aromatic nitrogens is 1. The van der Waals surface area contributed by atoms with Crippen molar-refractivity contribution < 1.29 is 19.5 Å². The Morgan fingerprint density at radius 2 is 1.85 bits per heavy atom. The lowest BCUT2D eigenvalue weighted by Crippen LogP contribution is -2.18. The highest BCUT2D eigenvalue weighted by atomic mass is 32.1. The Hall–Kier alpha value is -2.74. The summed E-state index contributed by atoms with van der Waals surface area (Å²) in [6, 6.07) is 6.53. The topological polar surface area (TPSA) is 108 Å². The third kappa shape index (κ3) is 3.71. The number of carboxylic acids is 1. The minimum absolute atomic E-state index is 0.324. The number of benzene rings is 1. The number of nitrogens with one attached hydrogen (secondary N) is 2. The Kier molecular flexibility index (Phi) is 4.77. The summed E-state index contributed by atoms with van der Waals surface area (Å²) in [4.78, 5) is 41.4. The summed E-state index contributed by atoms with van der Waals surface area (Å²) in [5.41, 5.74) is 1.12. The van der Waals surface area contributed by atoms with Crippen LogP contribution >= 0.6 is 11.3 Å². The van der Waals surface area contributed by atoms with Gasteiger partial charge in [-0.2, -0.15) is 0 Å². The summed E-state index contributed by atoms with van der Waals surface area (Å²) < 4.78 is 0. The first-order chi connectivity index (χ1) is 12.6. The molecule has 3 N–H and O–H groups in total. The fourth-order valence-corrected chi connectivity index (χ4v) is 4.05. The van der Waals surface area contributed by atoms with Gasteiger partial charge in [0.05, 0.1) is 17.5 Å². The van der Waals surface area contributed by atoms with E-state index in [1.807, 2.05) is 13.8 Å². The van der Waals surface area contributed by atoms with Gasteiger partial charge in [0.2, 0.25) is 5.91 Å². The van der Waals surface area contributed by atoms with Gasteiger partial charge < -0.3 is 10.4 Å². The summed E-state index contributed by atoms with van der Waals surface area (Å²) >= 11 is 1.40. The highest BCUT2D eigenvalue weighted by Crippen LogP contribution is 2.58. The van der Waals surface area contributed by atoms with Gasteiger partial charge >= 0.3 is 5.97 Å². The molecular formula is C19H21N3O4S. The molecule has 1 aromatic carbocycles. The van der Waals surface area contributed by atoms with Crippen molar-refractivity contribution >= 4 is 39.9 Å². The molecule has 1 saturated carbocycles. The maximum atomic E-state index is 12.4. The van der Waals surface area contributed by atoms with Gasteiger partial charge in [0.1, 0.15) is 0 Å². The van der Waals surface area contributed by atoms with E-state index in [0.29, 0.717) is 16.4 Å². The second-order valence-electron chi connectivity index (χ2n) is 7.30. The Morgan fingerprint density at radius 3 is 2.41 bits per heavy atom. The van der Waals surface area contributed by atoms with Crippen LogP contribution in [0.4, 0.5) is 10.8 Å². The van der Waals surface area contributed by atoms with E-state index in [1.54, 1.807) is 38.1 Å². The Labute approximate surface area is 160 Å². The van der Waals surface area contributed by atoms with Crippen molar-refractivity contribution in [3.8, 4) is 0 Å². The van der Waals surface area contributed by atoms with Gasteiger partial charge in [-0.15, -0.1) is 11.3 Å². The van der Waals surface area contributed by atoms with Crippen molar-refractivity contribution in [1.82, 2.24) is 4.98 Å². The largest absolute Gasteiger partial charge is 0.481 e. The fraction of sp³-hybridized carbons (Fsp3) is 0.368. The van der Waals surface area contributed by atoms with Gasteiger partial charge in [-0.05, 0) is 37.5 Å². The van der Waals surface area contributed by atoms with Gasteiger partial charge in [-0.1, -0.05) is 19.9 Å². The van der Waals surface area contributed by atoms with E-state index in [0.717, 1.165) is 10.6 Å². The van der Waals surface area contributed by atoms with Crippen LogP contribution in [0.1, 0.15) is 34.8 Å². The molecule has 0 unspecified atom stereocenters. The molecule has 1 aromatic heterocycles. The number of hydrogen-bond acceptors (Lipinski definition) is 5. The number of hydrogen-bond donors (Lipinski definition) is 3. The van der Waals surface area contributed by atoms with Crippen molar-refractivity contribution in [3.63, 3.8) is 0 Å². The molecule has 1 heterocycles. The van der Waals surface area contributed by atoms with Crippen molar-refractivity contribution in [1.29, 1.82) is 0 Å². The molecule has 7 nitrogen and oxygen atoms in total. The van der Waals surface area contributed by atoms with Crippen molar-refractivity contribution in [2.24, 2.45) is 17.3 Å². The Bertz CT molecular complexity index is 915. The van der Waals surface area contributed by atoms with Crippen LogP contribution in [0.15, 0.2) is 24.3 Å². The molecule has 0 bridgehead atoms. The van der Waals surface area contributed by atoms with E-state index >= 15 is 0 Å². The number of carboxylic acid groups (broad SMARTS) is 1. The first-order valence-corrected chi connectivity index (χ1v) is 9.32. The molecule has 2 aromatic rings. The zero-order chi connectivity index (χ0) is 19.9. The maximum absolute atomic E-state index is 12.4. The standard InChI is InChI=1S/C19H21N3O4S/c1-9-10(2)27-18(20-9)22-15(23)11-6-5-7-12(8-11)21-16(24)13-14(17(25)26)19(13,3)4/h5-8,13-14H,1-4H3,(H,21,24)(H,25,26)(H,20,22,23)/t13-,14+/m1/s1. The molecule has 0 aliphatic heterocycles. The second kappa shape index (κ2) is 6.77. The van der Waals surface area contributed by atoms with Gasteiger partial charge in [-0.25, -0.2) is 4.98 Å². The van der Waals surface area contributed by atoms with E-state index in [9.17, 15) is 19.5 Å². The molecule has 2 amide bonds. The van der Waals surface area contributed by atoms with Crippen molar-refractivity contribution in [2.45, 2.75) is 27.7 Å². The third-order valence-electron chi connectivity index (χ3n) is 5.02. The van der Waals surface area contributed by atoms with Crippen LogP contribution < -0.4 is 10.6 Å². The number of nitrogens with zero attached hydrogens (tertiary/aromatic N) is 1. The summed E-state index contributed by atoms with van der Waals surface area (Å²) in [5, 5.41) is 15.2. The lowest BCUT2D eigenvalue weighted by atomic mass is 10.1. The normalized spacial score (nSPS) is 20.0. The number of carbonyl (C=O) groups excluding carboxylic acids is 2. The number of thiazole rings is 1. The monoisotopic (exact) mass is 387 g/mol. The molecular weight excluding hydrogens is 366 g/mol. The molecule has 3 rings (SSSR count). The van der Waals surface area contributed by atoms with Crippen LogP contribution in [0.3, 0.4) is 0 Å². The number of amides is 2. The molecule has 8 heteroatoms. The van der Waals surface area contributed by atoms with E-state index in [-0.39, 0.29) is 11.8 Å². The van der Waals surface area contributed by atoms with Crippen LogP contribution in [0.25, 0.3) is 0 Å². The Morgan fingerprint density at radius 1 is 1.15 bits per heavy atom. The number of carbonyl (C=O) groups is 3. The van der Waals surface area contributed by atoms with Gasteiger partial charge in [-0.3, -0.25) is 19.7 Å². The van der Waals surface area contributed by atoms with E-state index in [4.69, 9.17) is 0 Å². The lowest BCUT2D eigenvalue weighted by molar-refractivity contribution is -0.140. The minimum Gasteiger partial charge on any atom is -0.481 e. The zero-order valence-electron chi connectivity index (χ0n) is 15.5. The van der Waals surface area contributed by atoms with Crippen LogP contribution in [0, 0.1) is 31.1 Å². The van der Waals surface area contributed by atoms with Crippen LogP contribution in [-0.4, -0.2) is 27.9 Å². The molecule has 1 aliphatic rings. The molecule has 27 heavy (non-hydrogen) atoms. The molecule has 2 atom stereocenters. The van der Waals surface area contributed by atoms with E-state index in [1.165, 1.54) is 11.3 Å². The first-order valence-electron chi connectivity index (χ1n) is 8.50. The number of aliphatic carboxylic acids is 1. The molecule has 142 valence electrons. The number of rotatable bonds is 5. The molecule has 0 saturated heterocycles. The number of aryl methyl sites for hydroxylation is 2. The van der Waals surface area contributed by atoms with Crippen LogP contribution in [0.2, 0.25) is 0 Å². The maximum Gasteiger partial charge on any atom is 0.307 e.